The number of nitrogens with zero attached hydrogens (tertiary/aromatic N) is 1. The molecule has 1 heterocycles. The molecule has 0 aromatic heterocycles. The number of aliphatic hydroxyl groups is 1. The minimum Gasteiger partial charge on any atom is -0.385 e. The maximum atomic E-state index is 13.5. The highest BCUT2D eigenvalue weighted by Gasteiger charge is 2.61. The molecule has 1 aromatic rings. The highest BCUT2D eigenvalue weighted by molar-refractivity contribution is 5.88. The molecule has 1 N–H and O–H groups in total. The summed E-state index contributed by atoms with van der Waals surface area (Å²) in [6.45, 7) is 7.91. The van der Waals surface area contributed by atoms with Crippen molar-refractivity contribution >= 4 is 11.5 Å². The van der Waals surface area contributed by atoms with E-state index in [0.29, 0.717) is 37.3 Å². The van der Waals surface area contributed by atoms with Gasteiger partial charge in [-0.3, -0.25) is 4.79 Å². The average Bonchev–Trinajstić information content (AvgIpc) is 3.21. The van der Waals surface area contributed by atoms with Crippen molar-refractivity contribution in [2.75, 3.05) is 32.2 Å². The third-order valence-corrected chi connectivity index (χ3v) is 10.8. The van der Waals surface area contributed by atoms with Crippen LogP contribution in [-0.4, -0.2) is 49.6 Å². The average molecular weight is 508 g/mol. The Hall–Kier alpha value is -1.69. The first-order valence-electron chi connectivity index (χ1n) is 14.6. The van der Waals surface area contributed by atoms with Gasteiger partial charge in [0.2, 0.25) is 0 Å². The molecule has 5 aliphatic rings. The molecule has 5 atom stereocenters. The lowest BCUT2D eigenvalue weighted by atomic mass is 9.50. The summed E-state index contributed by atoms with van der Waals surface area (Å²) in [4.78, 5) is 15.6. The molecule has 1 aromatic carbocycles. The van der Waals surface area contributed by atoms with E-state index in [1.54, 1.807) is 0 Å². The lowest BCUT2D eigenvalue weighted by molar-refractivity contribution is -0.322. The van der Waals surface area contributed by atoms with E-state index in [9.17, 15) is 9.90 Å². The zero-order chi connectivity index (χ0) is 26.2. The van der Waals surface area contributed by atoms with Gasteiger partial charge < -0.3 is 19.5 Å². The summed E-state index contributed by atoms with van der Waals surface area (Å²) in [5, 5.41) is 12.3. The number of carbonyl (C=O) groups excluding carboxylic acids is 1. The van der Waals surface area contributed by atoms with Crippen molar-refractivity contribution in [2.24, 2.45) is 22.7 Å². The highest BCUT2D eigenvalue weighted by Crippen LogP contribution is 2.65. The van der Waals surface area contributed by atoms with E-state index in [1.165, 1.54) is 22.4 Å². The first-order chi connectivity index (χ1) is 17.5. The van der Waals surface area contributed by atoms with Crippen LogP contribution in [0.3, 0.4) is 0 Å². The monoisotopic (exact) mass is 507 g/mol. The Morgan fingerprint density at radius 3 is 2.38 bits per heavy atom. The molecule has 202 valence electrons. The fraction of sp³-hybridized carbons (Fsp3) is 0.719. The zero-order valence-corrected chi connectivity index (χ0v) is 23.4. The number of hydrogen-bond donors (Lipinski definition) is 1. The van der Waals surface area contributed by atoms with Gasteiger partial charge in [0.25, 0.3) is 0 Å². The van der Waals surface area contributed by atoms with Crippen molar-refractivity contribution in [1.29, 1.82) is 0 Å². The number of ether oxygens (including phenoxy) is 2. The Morgan fingerprint density at radius 1 is 1.03 bits per heavy atom. The normalized spacial score (nSPS) is 38.2. The Bertz CT molecular complexity index is 1090. The molecule has 1 saturated heterocycles. The lowest BCUT2D eigenvalue weighted by Crippen LogP contribution is -2.57. The Labute approximate surface area is 222 Å². The van der Waals surface area contributed by atoms with Crippen molar-refractivity contribution in [1.82, 2.24) is 0 Å². The van der Waals surface area contributed by atoms with Gasteiger partial charge in [0.1, 0.15) is 5.78 Å². The van der Waals surface area contributed by atoms with E-state index >= 15 is 0 Å². The van der Waals surface area contributed by atoms with Crippen LogP contribution in [0.15, 0.2) is 35.4 Å². The number of ketones is 1. The largest absolute Gasteiger partial charge is 0.385 e. The molecule has 5 heteroatoms. The number of carbonyl (C=O) groups is 1. The predicted octanol–water partition coefficient (Wildman–Crippen LogP) is 6.01. The van der Waals surface area contributed by atoms with E-state index in [-0.39, 0.29) is 16.7 Å². The molecule has 0 bridgehead atoms. The van der Waals surface area contributed by atoms with Crippen molar-refractivity contribution in [2.45, 2.75) is 95.9 Å². The number of rotatable bonds is 3. The van der Waals surface area contributed by atoms with Crippen LogP contribution in [0, 0.1) is 22.7 Å². The molecule has 0 radical (unpaired) electrons. The summed E-state index contributed by atoms with van der Waals surface area (Å²) in [5.74, 6) is 0.787. The van der Waals surface area contributed by atoms with Crippen molar-refractivity contribution < 1.29 is 19.4 Å². The highest BCUT2D eigenvalue weighted by atomic mass is 16.7. The van der Waals surface area contributed by atoms with E-state index in [2.05, 4.69) is 64.0 Å². The van der Waals surface area contributed by atoms with Crippen LogP contribution in [0.2, 0.25) is 0 Å². The van der Waals surface area contributed by atoms with Gasteiger partial charge in [-0.2, -0.15) is 0 Å². The van der Waals surface area contributed by atoms with Gasteiger partial charge in [0, 0.05) is 55.8 Å². The van der Waals surface area contributed by atoms with Gasteiger partial charge in [0.15, 0.2) is 5.79 Å². The summed E-state index contributed by atoms with van der Waals surface area (Å²) in [6.07, 6.45) is 7.35. The smallest absolute Gasteiger partial charge is 0.171 e. The minimum absolute atomic E-state index is 0.00987. The van der Waals surface area contributed by atoms with Crippen LogP contribution in [-0.2, 0) is 14.3 Å². The quantitative estimate of drug-likeness (QED) is 0.508. The van der Waals surface area contributed by atoms with E-state index in [0.717, 1.165) is 51.4 Å². The number of hydrogen-bond acceptors (Lipinski definition) is 5. The summed E-state index contributed by atoms with van der Waals surface area (Å²) in [5.41, 5.74) is 4.09. The standard InChI is InChI=1S/C32H45NO4/c1-6-30-17-24(21-7-9-22(10-8-21)33(4)5)28-23(25(30)11-12-27(30)34)13-15-31(35)18-32(16-14-26(28)31)36-19-29(2,3)20-37-32/h7-10,23-25,35H,6,11-20H2,1-5H3/t23-,24+,25-,30+,31+/m0/s1. The van der Waals surface area contributed by atoms with E-state index < -0.39 is 11.4 Å². The third-order valence-electron chi connectivity index (χ3n) is 10.8. The predicted molar refractivity (Wildman–Crippen MR) is 146 cm³/mol. The van der Waals surface area contributed by atoms with Crippen LogP contribution in [0.1, 0.15) is 90.0 Å². The first kappa shape index (κ1) is 25.6. The second-order valence-corrected chi connectivity index (χ2v) is 13.8. The second-order valence-electron chi connectivity index (χ2n) is 13.8. The SMILES string of the molecule is CC[C@@]12C[C@H](c3ccc(N(C)C)cc3)C3=C4CCC5(C[C@]4(O)CC[C@H]3[C@@H]1CCC2=O)OCC(C)(C)CO5. The molecule has 4 aliphatic carbocycles. The Morgan fingerprint density at radius 2 is 1.73 bits per heavy atom. The van der Waals surface area contributed by atoms with Gasteiger partial charge in [-0.25, -0.2) is 0 Å². The van der Waals surface area contributed by atoms with E-state index in [1.807, 2.05) is 0 Å². The van der Waals surface area contributed by atoms with Crippen molar-refractivity contribution in [3.8, 4) is 0 Å². The molecule has 6 rings (SSSR count). The number of anilines is 1. The summed E-state index contributed by atoms with van der Waals surface area (Å²) >= 11 is 0. The topological polar surface area (TPSA) is 59.0 Å². The van der Waals surface area contributed by atoms with Crippen LogP contribution in [0.4, 0.5) is 5.69 Å². The summed E-state index contributed by atoms with van der Waals surface area (Å²) in [7, 11) is 4.14. The van der Waals surface area contributed by atoms with Crippen LogP contribution >= 0.6 is 0 Å². The third kappa shape index (κ3) is 3.94. The maximum absolute atomic E-state index is 13.5. The van der Waals surface area contributed by atoms with Crippen molar-refractivity contribution in [3.63, 3.8) is 0 Å². The maximum Gasteiger partial charge on any atom is 0.171 e. The van der Waals surface area contributed by atoms with Crippen LogP contribution in [0.25, 0.3) is 0 Å². The van der Waals surface area contributed by atoms with Gasteiger partial charge in [-0.05, 0) is 73.6 Å². The molecule has 1 spiro atoms. The second kappa shape index (κ2) is 8.66. The number of benzene rings is 1. The molecular formula is C32H45NO4. The van der Waals surface area contributed by atoms with E-state index in [4.69, 9.17) is 9.47 Å². The molecule has 37 heavy (non-hydrogen) atoms. The summed E-state index contributed by atoms with van der Waals surface area (Å²) < 4.78 is 12.8. The van der Waals surface area contributed by atoms with Crippen LogP contribution in [0.5, 0.6) is 0 Å². The number of Topliss-reactive ketones (excluding diaryl/α,β-unsaturated/α-hetero) is 1. The Kier molecular flexibility index (Phi) is 5.99. The molecule has 1 aliphatic heterocycles. The molecule has 0 amide bonds. The fourth-order valence-electron chi connectivity index (χ4n) is 8.74. The number of fused-ring (bicyclic) bond motifs is 4. The van der Waals surface area contributed by atoms with Gasteiger partial charge in [-0.1, -0.05) is 38.5 Å². The van der Waals surface area contributed by atoms with Gasteiger partial charge in [0.05, 0.1) is 18.8 Å². The zero-order valence-electron chi connectivity index (χ0n) is 23.4. The van der Waals surface area contributed by atoms with Crippen molar-refractivity contribution in [3.05, 3.63) is 41.0 Å². The minimum atomic E-state index is -0.887. The number of allylic oxidation sites excluding steroid dienone is 1. The lowest BCUT2D eigenvalue weighted by Gasteiger charge is -2.57. The van der Waals surface area contributed by atoms with Gasteiger partial charge >= 0.3 is 0 Å². The molecule has 5 nitrogen and oxygen atoms in total. The Balaban J connectivity index is 1.43. The molecule has 3 saturated carbocycles. The van der Waals surface area contributed by atoms with Crippen LogP contribution < -0.4 is 4.90 Å². The molecule has 4 fully saturated rings. The summed E-state index contributed by atoms with van der Waals surface area (Å²) in [6, 6.07) is 8.93. The fourth-order valence-corrected chi connectivity index (χ4v) is 8.74. The van der Waals surface area contributed by atoms with Gasteiger partial charge in [-0.15, -0.1) is 0 Å². The molecular weight excluding hydrogens is 462 g/mol. The molecule has 0 unspecified atom stereocenters. The first-order valence-corrected chi connectivity index (χ1v) is 14.6.